The van der Waals surface area contributed by atoms with Gasteiger partial charge in [0.25, 0.3) is 5.91 Å². The second-order valence-electron chi connectivity index (χ2n) is 6.68. The highest BCUT2D eigenvalue weighted by atomic mass is 35.5. The minimum absolute atomic E-state index is 0.115. The molecule has 0 aliphatic carbocycles. The molecule has 2 aromatic carbocycles. The third-order valence-corrected chi connectivity index (χ3v) is 4.99. The second-order valence-corrected chi connectivity index (χ2v) is 7.12. The number of nitrogens with two attached hydrogens (primary N) is 1. The van der Waals surface area contributed by atoms with Crippen molar-refractivity contribution in [3.8, 4) is 16.9 Å². The number of amides is 2. The molecule has 1 aliphatic rings. The van der Waals surface area contributed by atoms with Gasteiger partial charge in [0.05, 0.1) is 24.5 Å². The number of aromatic nitrogens is 2. The van der Waals surface area contributed by atoms with Crippen LogP contribution >= 0.6 is 11.6 Å². The number of primary amides is 1. The van der Waals surface area contributed by atoms with Gasteiger partial charge in [0.2, 0.25) is 5.91 Å². The second kappa shape index (κ2) is 8.06. The molecule has 2 amide bonds. The van der Waals surface area contributed by atoms with E-state index in [1.54, 1.807) is 27.8 Å². The zero-order chi connectivity index (χ0) is 20.4. The number of hydrogen-bond acceptors (Lipinski definition) is 4. The molecule has 2 N–H and O–H groups in total. The lowest BCUT2D eigenvalue weighted by molar-refractivity contribution is -0.133. The molecule has 8 heteroatoms. The Morgan fingerprint density at radius 3 is 2.52 bits per heavy atom. The van der Waals surface area contributed by atoms with Crippen molar-refractivity contribution in [1.29, 1.82) is 0 Å². The first-order valence-electron chi connectivity index (χ1n) is 9.14. The molecule has 0 bridgehead atoms. The van der Waals surface area contributed by atoms with Gasteiger partial charge in [-0.05, 0) is 30.3 Å². The van der Waals surface area contributed by atoms with Crippen LogP contribution in [0.2, 0.25) is 5.02 Å². The van der Waals surface area contributed by atoms with Gasteiger partial charge in [-0.1, -0.05) is 41.9 Å². The summed E-state index contributed by atoms with van der Waals surface area (Å²) in [5.74, 6) is -0.822. The molecule has 4 rings (SSSR count). The fourth-order valence-electron chi connectivity index (χ4n) is 3.23. The molecule has 0 saturated carbocycles. The van der Waals surface area contributed by atoms with Crippen LogP contribution in [0.3, 0.4) is 0 Å². The van der Waals surface area contributed by atoms with E-state index in [-0.39, 0.29) is 19.1 Å². The van der Waals surface area contributed by atoms with Gasteiger partial charge >= 0.3 is 0 Å². The first-order valence-corrected chi connectivity index (χ1v) is 9.52. The third kappa shape index (κ3) is 4.01. The maximum atomic E-state index is 13.3. The monoisotopic (exact) mass is 410 g/mol. The molecule has 2 heterocycles. The first kappa shape index (κ1) is 19.2. The van der Waals surface area contributed by atoms with Crippen molar-refractivity contribution in [2.45, 2.75) is 6.10 Å². The topological polar surface area (TPSA) is 90.5 Å². The minimum Gasteiger partial charge on any atom is -0.367 e. The number of rotatable bonds is 4. The van der Waals surface area contributed by atoms with E-state index in [2.05, 4.69) is 5.10 Å². The molecule has 1 aliphatic heterocycles. The Labute approximate surface area is 172 Å². The number of hydrogen-bond donors (Lipinski definition) is 1. The van der Waals surface area contributed by atoms with Crippen LogP contribution in [0.1, 0.15) is 10.5 Å². The largest absolute Gasteiger partial charge is 0.367 e. The highest BCUT2D eigenvalue weighted by molar-refractivity contribution is 6.30. The Morgan fingerprint density at radius 1 is 1.10 bits per heavy atom. The van der Waals surface area contributed by atoms with E-state index in [0.29, 0.717) is 23.0 Å². The van der Waals surface area contributed by atoms with Gasteiger partial charge in [-0.2, -0.15) is 5.10 Å². The maximum Gasteiger partial charge on any atom is 0.272 e. The van der Waals surface area contributed by atoms with Crippen LogP contribution in [0.4, 0.5) is 0 Å². The lowest BCUT2D eigenvalue weighted by atomic mass is 10.1. The molecule has 1 saturated heterocycles. The summed E-state index contributed by atoms with van der Waals surface area (Å²) < 4.78 is 6.97. The standard InChI is InChI=1S/C21H19ClN4O3/c22-15-8-6-14(7-9-15)17-12-18(26(24-17)16-4-2-1-3-5-16)21(28)25-10-11-29-19(13-25)20(23)27/h1-9,12,19H,10-11,13H2,(H2,23,27). The first-order chi connectivity index (χ1) is 14.0. The smallest absolute Gasteiger partial charge is 0.272 e. The molecule has 0 spiro atoms. The fourth-order valence-corrected chi connectivity index (χ4v) is 3.36. The molecule has 148 valence electrons. The fraction of sp³-hybridized carbons (Fsp3) is 0.190. The quantitative estimate of drug-likeness (QED) is 0.715. The van der Waals surface area contributed by atoms with Gasteiger partial charge in [0, 0.05) is 17.1 Å². The maximum absolute atomic E-state index is 13.3. The number of nitrogens with zero attached hydrogens (tertiary/aromatic N) is 3. The number of benzene rings is 2. The van der Waals surface area contributed by atoms with Crippen molar-refractivity contribution in [2.75, 3.05) is 19.7 Å². The molecular formula is C21H19ClN4O3. The van der Waals surface area contributed by atoms with Crippen LogP contribution < -0.4 is 5.73 Å². The van der Waals surface area contributed by atoms with Crippen LogP contribution in [-0.4, -0.2) is 52.3 Å². The molecule has 1 aromatic heterocycles. The van der Waals surface area contributed by atoms with E-state index in [1.807, 2.05) is 42.5 Å². The number of carbonyl (C=O) groups excluding carboxylic acids is 2. The van der Waals surface area contributed by atoms with Gasteiger partial charge in [0.1, 0.15) is 5.69 Å². The van der Waals surface area contributed by atoms with Crippen molar-refractivity contribution < 1.29 is 14.3 Å². The van der Waals surface area contributed by atoms with Crippen LogP contribution in [0, 0.1) is 0 Å². The average Bonchev–Trinajstić information content (AvgIpc) is 3.20. The highest BCUT2D eigenvalue weighted by Crippen LogP contribution is 2.24. The van der Waals surface area contributed by atoms with E-state index in [1.165, 1.54) is 0 Å². The average molecular weight is 411 g/mol. The summed E-state index contributed by atoms with van der Waals surface area (Å²) >= 11 is 5.99. The Morgan fingerprint density at radius 2 is 1.83 bits per heavy atom. The van der Waals surface area contributed by atoms with E-state index >= 15 is 0 Å². The Balaban J connectivity index is 1.73. The van der Waals surface area contributed by atoms with Crippen molar-refractivity contribution in [1.82, 2.24) is 14.7 Å². The van der Waals surface area contributed by atoms with Gasteiger partial charge in [-0.3, -0.25) is 9.59 Å². The SMILES string of the molecule is NC(=O)C1CN(C(=O)c2cc(-c3ccc(Cl)cc3)nn2-c2ccccc2)CCO1. The summed E-state index contributed by atoms with van der Waals surface area (Å²) in [5.41, 5.74) is 8.00. The van der Waals surface area contributed by atoms with Crippen molar-refractivity contribution >= 4 is 23.4 Å². The van der Waals surface area contributed by atoms with Crippen molar-refractivity contribution in [3.63, 3.8) is 0 Å². The predicted molar refractivity (Wildman–Crippen MR) is 109 cm³/mol. The van der Waals surface area contributed by atoms with Gasteiger partial charge in [-0.25, -0.2) is 4.68 Å². The number of carbonyl (C=O) groups is 2. The molecule has 3 aromatic rings. The summed E-state index contributed by atoms with van der Waals surface area (Å²) in [6.07, 6.45) is -0.809. The predicted octanol–water partition coefficient (Wildman–Crippen LogP) is 2.52. The summed E-state index contributed by atoms with van der Waals surface area (Å²) in [4.78, 5) is 26.4. The summed E-state index contributed by atoms with van der Waals surface area (Å²) in [6, 6.07) is 18.4. The molecule has 1 atom stereocenters. The highest BCUT2D eigenvalue weighted by Gasteiger charge is 2.30. The summed E-state index contributed by atoms with van der Waals surface area (Å²) in [5, 5.41) is 5.28. The molecule has 1 unspecified atom stereocenters. The lowest BCUT2D eigenvalue weighted by Crippen LogP contribution is -2.50. The Hall–Kier alpha value is -3.16. The van der Waals surface area contributed by atoms with E-state index in [9.17, 15) is 9.59 Å². The molecular weight excluding hydrogens is 392 g/mol. The van der Waals surface area contributed by atoms with E-state index in [4.69, 9.17) is 22.1 Å². The third-order valence-electron chi connectivity index (χ3n) is 4.74. The molecule has 29 heavy (non-hydrogen) atoms. The Kier molecular flexibility index (Phi) is 5.33. The van der Waals surface area contributed by atoms with Crippen LogP contribution in [0.5, 0.6) is 0 Å². The zero-order valence-electron chi connectivity index (χ0n) is 15.5. The number of ether oxygens (including phenoxy) is 1. The van der Waals surface area contributed by atoms with Crippen LogP contribution in [0.15, 0.2) is 60.7 Å². The normalized spacial score (nSPS) is 16.6. The van der Waals surface area contributed by atoms with Crippen LogP contribution in [-0.2, 0) is 9.53 Å². The minimum atomic E-state index is -0.809. The van der Waals surface area contributed by atoms with Crippen molar-refractivity contribution in [2.24, 2.45) is 5.73 Å². The summed E-state index contributed by atoms with van der Waals surface area (Å²) in [7, 11) is 0. The molecule has 1 fully saturated rings. The lowest BCUT2D eigenvalue weighted by Gasteiger charge is -2.31. The van der Waals surface area contributed by atoms with Gasteiger partial charge in [0.15, 0.2) is 6.10 Å². The molecule has 0 radical (unpaired) electrons. The van der Waals surface area contributed by atoms with Crippen molar-refractivity contribution in [3.05, 3.63) is 71.4 Å². The van der Waals surface area contributed by atoms with E-state index in [0.717, 1.165) is 11.3 Å². The number of morpholine rings is 1. The zero-order valence-corrected chi connectivity index (χ0v) is 16.2. The number of halogens is 1. The van der Waals surface area contributed by atoms with Gasteiger partial charge in [-0.15, -0.1) is 0 Å². The van der Waals surface area contributed by atoms with E-state index < -0.39 is 12.0 Å². The van der Waals surface area contributed by atoms with Gasteiger partial charge < -0.3 is 15.4 Å². The summed E-state index contributed by atoms with van der Waals surface area (Å²) in [6.45, 7) is 0.742. The molecule has 7 nitrogen and oxygen atoms in total. The van der Waals surface area contributed by atoms with Crippen LogP contribution in [0.25, 0.3) is 16.9 Å². The Bertz CT molecular complexity index is 1030. The number of para-hydroxylation sites is 1.